The van der Waals surface area contributed by atoms with Crippen molar-refractivity contribution in [1.29, 1.82) is 0 Å². The number of anilines is 1. The number of hydrogen-bond acceptors (Lipinski definition) is 5. The second kappa shape index (κ2) is 9.92. The van der Waals surface area contributed by atoms with E-state index in [1.807, 2.05) is 54.3 Å². The summed E-state index contributed by atoms with van der Waals surface area (Å²) in [4.78, 5) is 29.9. The van der Waals surface area contributed by atoms with E-state index < -0.39 is 0 Å². The van der Waals surface area contributed by atoms with E-state index in [0.717, 1.165) is 16.5 Å². The van der Waals surface area contributed by atoms with Crippen LogP contribution in [0.25, 0.3) is 10.8 Å². The Balaban J connectivity index is 1.37. The first kappa shape index (κ1) is 22.6. The molecule has 0 spiro atoms. The monoisotopic (exact) mass is 447 g/mol. The van der Waals surface area contributed by atoms with Gasteiger partial charge in [0.15, 0.2) is 11.5 Å². The zero-order valence-corrected chi connectivity index (χ0v) is 19.2. The van der Waals surface area contributed by atoms with Crippen LogP contribution < -0.4 is 14.8 Å². The van der Waals surface area contributed by atoms with Crippen molar-refractivity contribution in [2.45, 2.75) is 13.0 Å². The van der Waals surface area contributed by atoms with E-state index in [2.05, 4.69) is 10.2 Å². The van der Waals surface area contributed by atoms with Crippen LogP contribution in [-0.2, 0) is 4.79 Å². The molecule has 1 N–H and O–H groups in total. The predicted molar refractivity (Wildman–Crippen MR) is 129 cm³/mol. The first-order valence-electron chi connectivity index (χ1n) is 11.1. The number of ether oxygens (including phenoxy) is 2. The van der Waals surface area contributed by atoms with Crippen molar-refractivity contribution >= 4 is 28.3 Å². The van der Waals surface area contributed by atoms with Gasteiger partial charge in [-0.3, -0.25) is 14.5 Å². The Morgan fingerprint density at radius 2 is 1.58 bits per heavy atom. The predicted octanol–water partition coefficient (Wildman–Crippen LogP) is 3.64. The topological polar surface area (TPSA) is 71.1 Å². The molecule has 0 saturated carbocycles. The lowest BCUT2D eigenvalue weighted by Crippen LogP contribution is -2.54. The summed E-state index contributed by atoms with van der Waals surface area (Å²) in [6.07, 6.45) is 0. The number of amides is 2. The second-order valence-corrected chi connectivity index (χ2v) is 8.09. The van der Waals surface area contributed by atoms with Crippen LogP contribution in [0.1, 0.15) is 17.3 Å². The third kappa shape index (κ3) is 4.78. The minimum atomic E-state index is -0.303. The average molecular weight is 448 g/mol. The summed E-state index contributed by atoms with van der Waals surface area (Å²) in [5.74, 6) is 1.01. The molecular weight excluding hydrogens is 418 g/mol. The molecule has 172 valence electrons. The van der Waals surface area contributed by atoms with Gasteiger partial charge in [0.2, 0.25) is 5.91 Å². The normalized spacial score (nSPS) is 15.2. The molecule has 0 radical (unpaired) electrons. The second-order valence-electron chi connectivity index (χ2n) is 8.09. The van der Waals surface area contributed by atoms with E-state index in [9.17, 15) is 9.59 Å². The van der Waals surface area contributed by atoms with Gasteiger partial charge in [0.05, 0.1) is 20.3 Å². The number of carbonyl (C=O) groups excluding carboxylic acids is 2. The molecule has 3 aromatic carbocycles. The molecule has 1 aliphatic heterocycles. The van der Waals surface area contributed by atoms with Crippen molar-refractivity contribution < 1.29 is 19.1 Å². The molecule has 1 unspecified atom stereocenters. The van der Waals surface area contributed by atoms with Gasteiger partial charge in [-0.15, -0.1) is 0 Å². The van der Waals surface area contributed by atoms with Crippen LogP contribution >= 0.6 is 0 Å². The minimum Gasteiger partial charge on any atom is -0.493 e. The fourth-order valence-electron chi connectivity index (χ4n) is 4.20. The first-order valence-corrected chi connectivity index (χ1v) is 11.1. The number of hydrogen-bond donors (Lipinski definition) is 1. The molecule has 1 aliphatic rings. The van der Waals surface area contributed by atoms with Crippen molar-refractivity contribution in [1.82, 2.24) is 9.80 Å². The molecule has 0 aliphatic carbocycles. The Morgan fingerprint density at radius 3 is 2.30 bits per heavy atom. The van der Waals surface area contributed by atoms with Gasteiger partial charge in [-0.25, -0.2) is 0 Å². The number of methoxy groups -OCH3 is 2. The van der Waals surface area contributed by atoms with E-state index in [0.29, 0.717) is 43.2 Å². The van der Waals surface area contributed by atoms with Gasteiger partial charge < -0.3 is 19.7 Å². The number of rotatable bonds is 6. The Hall–Kier alpha value is -3.58. The highest BCUT2D eigenvalue weighted by Crippen LogP contribution is 2.28. The highest BCUT2D eigenvalue weighted by molar-refractivity contribution is 6.03. The molecule has 1 saturated heterocycles. The van der Waals surface area contributed by atoms with Crippen molar-refractivity contribution in [2.75, 3.05) is 45.7 Å². The third-order valence-electron chi connectivity index (χ3n) is 6.21. The maximum Gasteiger partial charge on any atom is 0.254 e. The molecule has 4 rings (SSSR count). The fraction of sp³-hybridized carbons (Fsp3) is 0.308. The van der Waals surface area contributed by atoms with Crippen LogP contribution in [0, 0.1) is 0 Å². The van der Waals surface area contributed by atoms with Crippen molar-refractivity contribution in [3.8, 4) is 11.5 Å². The zero-order chi connectivity index (χ0) is 23.4. The SMILES string of the molecule is COc1ccc(C(=O)N2CCN(C(C)C(=O)Nc3cccc4ccccc34)CC2)cc1OC. The summed E-state index contributed by atoms with van der Waals surface area (Å²) >= 11 is 0. The number of nitrogens with zero attached hydrogens (tertiary/aromatic N) is 2. The number of fused-ring (bicyclic) bond motifs is 1. The molecule has 7 nitrogen and oxygen atoms in total. The van der Waals surface area contributed by atoms with Crippen LogP contribution in [0.2, 0.25) is 0 Å². The van der Waals surface area contributed by atoms with Gasteiger partial charge in [-0.1, -0.05) is 36.4 Å². The molecule has 2 amide bonds. The van der Waals surface area contributed by atoms with Crippen LogP contribution in [0.3, 0.4) is 0 Å². The standard InChI is InChI=1S/C26H29N3O4/c1-18(25(30)27-22-10-6-8-19-7-4-5-9-21(19)22)28-13-15-29(16-14-28)26(31)20-11-12-23(32-2)24(17-20)33-3/h4-12,17-18H,13-16H2,1-3H3,(H,27,30). The van der Waals surface area contributed by atoms with E-state index in [1.165, 1.54) is 0 Å². The maximum atomic E-state index is 13.0. The first-order chi connectivity index (χ1) is 16.0. The molecular formula is C26H29N3O4. The van der Waals surface area contributed by atoms with Gasteiger partial charge in [0.25, 0.3) is 5.91 Å². The summed E-state index contributed by atoms with van der Waals surface area (Å²) < 4.78 is 10.6. The van der Waals surface area contributed by atoms with Crippen LogP contribution in [0.5, 0.6) is 11.5 Å². The summed E-state index contributed by atoms with van der Waals surface area (Å²) in [5.41, 5.74) is 1.37. The molecule has 1 fully saturated rings. The van der Waals surface area contributed by atoms with Crippen LogP contribution in [-0.4, -0.2) is 68.1 Å². The van der Waals surface area contributed by atoms with Gasteiger partial charge in [-0.05, 0) is 36.6 Å². The number of nitrogens with one attached hydrogen (secondary N) is 1. The van der Waals surface area contributed by atoms with Gasteiger partial charge in [0.1, 0.15) is 0 Å². The Kier molecular flexibility index (Phi) is 6.79. The quantitative estimate of drug-likeness (QED) is 0.625. The van der Waals surface area contributed by atoms with E-state index in [4.69, 9.17) is 9.47 Å². The van der Waals surface area contributed by atoms with Gasteiger partial charge >= 0.3 is 0 Å². The van der Waals surface area contributed by atoms with Crippen molar-refractivity contribution in [3.63, 3.8) is 0 Å². The summed E-state index contributed by atoms with van der Waals surface area (Å²) in [5, 5.41) is 5.19. The van der Waals surface area contributed by atoms with Crippen LogP contribution in [0.15, 0.2) is 60.7 Å². The molecule has 0 bridgehead atoms. The lowest BCUT2D eigenvalue weighted by atomic mass is 10.1. The largest absolute Gasteiger partial charge is 0.493 e. The molecule has 3 aromatic rings. The number of piperazine rings is 1. The Morgan fingerprint density at radius 1 is 0.879 bits per heavy atom. The molecule has 7 heteroatoms. The smallest absolute Gasteiger partial charge is 0.254 e. The number of benzene rings is 3. The van der Waals surface area contributed by atoms with Gasteiger partial charge in [-0.2, -0.15) is 0 Å². The van der Waals surface area contributed by atoms with Crippen molar-refractivity contribution in [3.05, 3.63) is 66.2 Å². The molecule has 33 heavy (non-hydrogen) atoms. The third-order valence-corrected chi connectivity index (χ3v) is 6.21. The fourth-order valence-corrected chi connectivity index (χ4v) is 4.20. The molecule has 0 aromatic heterocycles. The lowest BCUT2D eigenvalue weighted by Gasteiger charge is -2.37. The maximum absolute atomic E-state index is 13.0. The zero-order valence-electron chi connectivity index (χ0n) is 19.2. The summed E-state index contributed by atoms with van der Waals surface area (Å²) in [6, 6.07) is 18.8. The highest BCUT2D eigenvalue weighted by atomic mass is 16.5. The van der Waals surface area contributed by atoms with E-state index >= 15 is 0 Å². The lowest BCUT2D eigenvalue weighted by molar-refractivity contribution is -0.121. The number of carbonyl (C=O) groups is 2. The summed E-state index contributed by atoms with van der Waals surface area (Å²) in [7, 11) is 3.12. The van der Waals surface area contributed by atoms with E-state index in [-0.39, 0.29) is 17.9 Å². The Labute approximate surface area is 193 Å². The van der Waals surface area contributed by atoms with Crippen LogP contribution in [0.4, 0.5) is 5.69 Å². The van der Waals surface area contributed by atoms with Crippen molar-refractivity contribution in [2.24, 2.45) is 0 Å². The highest BCUT2D eigenvalue weighted by Gasteiger charge is 2.28. The molecule has 1 heterocycles. The Bertz CT molecular complexity index is 1150. The average Bonchev–Trinajstić information content (AvgIpc) is 2.87. The molecule has 1 atom stereocenters. The van der Waals surface area contributed by atoms with Gasteiger partial charge in [0, 0.05) is 42.8 Å². The van der Waals surface area contributed by atoms with E-state index in [1.54, 1.807) is 32.4 Å². The summed E-state index contributed by atoms with van der Waals surface area (Å²) in [6.45, 7) is 4.27. The minimum absolute atomic E-state index is 0.0500.